The van der Waals surface area contributed by atoms with E-state index in [1.165, 1.54) is 11.1 Å². The van der Waals surface area contributed by atoms with Gasteiger partial charge in [-0.2, -0.15) is 0 Å². The highest BCUT2D eigenvalue weighted by Crippen LogP contribution is 2.33. The Labute approximate surface area is 104 Å². The average molecular weight is 250 g/mol. The Morgan fingerprint density at radius 2 is 2.35 bits per heavy atom. The van der Waals surface area contributed by atoms with Gasteiger partial charge in [0, 0.05) is 41.1 Å². The van der Waals surface area contributed by atoms with Crippen molar-refractivity contribution < 1.29 is 4.39 Å². The van der Waals surface area contributed by atoms with Gasteiger partial charge in [0.15, 0.2) is 0 Å². The second-order valence-corrected chi connectivity index (χ2v) is 5.47. The standard InChI is InChI=1S/C13H15FN2S/c1-9-7-16(5-4-15-9)12-8-17-13-6-10(14)2-3-11(12)13/h2-3,6,8-9,15H,4-5,7H2,1H3. The molecule has 2 nitrogen and oxygen atoms in total. The summed E-state index contributed by atoms with van der Waals surface area (Å²) in [6.07, 6.45) is 0. The van der Waals surface area contributed by atoms with Crippen molar-refractivity contribution in [3.05, 3.63) is 29.4 Å². The van der Waals surface area contributed by atoms with Gasteiger partial charge in [0.1, 0.15) is 5.82 Å². The lowest BCUT2D eigenvalue weighted by atomic mass is 10.2. The van der Waals surface area contributed by atoms with Crippen LogP contribution in [0.5, 0.6) is 0 Å². The Morgan fingerprint density at radius 3 is 3.18 bits per heavy atom. The molecule has 1 saturated heterocycles. The minimum Gasteiger partial charge on any atom is -0.368 e. The van der Waals surface area contributed by atoms with E-state index in [4.69, 9.17) is 0 Å². The Kier molecular flexibility index (Phi) is 2.76. The molecule has 0 radical (unpaired) electrons. The fourth-order valence-electron chi connectivity index (χ4n) is 2.38. The van der Waals surface area contributed by atoms with Gasteiger partial charge in [-0.25, -0.2) is 4.39 Å². The van der Waals surface area contributed by atoms with Gasteiger partial charge in [0.25, 0.3) is 0 Å². The molecule has 1 aromatic heterocycles. The van der Waals surface area contributed by atoms with Crippen molar-refractivity contribution in [1.82, 2.24) is 5.32 Å². The zero-order valence-corrected chi connectivity index (χ0v) is 10.6. The molecule has 0 bridgehead atoms. The first-order chi connectivity index (χ1) is 8.24. The second-order valence-electron chi connectivity index (χ2n) is 4.56. The zero-order chi connectivity index (χ0) is 11.8. The highest BCUT2D eigenvalue weighted by Gasteiger charge is 2.18. The Morgan fingerprint density at radius 1 is 1.47 bits per heavy atom. The molecule has 2 aromatic rings. The van der Waals surface area contributed by atoms with Crippen LogP contribution in [0.3, 0.4) is 0 Å². The molecule has 0 aliphatic carbocycles. The Bertz CT molecular complexity index is 537. The van der Waals surface area contributed by atoms with Crippen molar-refractivity contribution in [2.45, 2.75) is 13.0 Å². The SMILES string of the molecule is CC1CN(c2csc3cc(F)ccc23)CCN1. The molecule has 17 heavy (non-hydrogen) atoms. The van der Waals surface area contributed by atoms with E-state index in [0.29, 0.717) is 6.04 Å². The van der Waals surface area contributed by atoms with Gasteiger partial charge in [-0.1, -0.05) is 0 Å². The lowest BCUT2D eigenvalue weighted by Crippen LogP contribution is -2.49. The van der Waals surface area contributed by atoms with Gasteiger partial charge in [0.2, 0.25) is 0 Å². The topological polar surface area (TPSA) is 15.3 Å². The van der Waals surface area contributed by atoms with E-state index in [1.54, 1.807) is 23.5 Å². The largest absolute Gasteiger partial charge is 0.368 e. The smallest absolute Gasteiger partial charge is 0.124 e. The van der Waals surface area contributed by atoms with Gasteiger partial charge in [0.05, 0.1) is 5.69 Å². The predicted molar refractivity (Wildman–Crippen MR) is 71.5 cm³/mol. The average Bonchev–Trinajstić information content (AvgIpc) is 2.71. The van der Waals surface area contributed by atoms with Gasteiger partial charge in [-0.15, -0.1) is 11.3 Å². The lowest BCUT2D eigenvalue weighted by Gasteiger charge is -2.33. The number of rotatable bonds is 1. The summed E-state index contributed by atoms with van der Waals surface area (Å²) in [7, 11) is 0. The van der Waals surface area contributed by atoms with Crippen LogP contribution in [0.2, 0.25) is 0 Å². The van der Waals surface area contributed by atoms with Crippen LogP contribution in [-0.4, -0.2) is 25.7 Å². The highest BCUT2D eigenvalue weighted by atomic mass is 32.1. The number of halogens is 1. The summed E-state index contributed by atoms with van der Waals surface area (Å²) in [6, 6.07) is 5.57. The summed E-state index contributed by atoms with van der Waals surface area (Å²) in [5.41, 5.74) is 1.25. The van der Waals surface area contributed by atoms with Crippen LogP contribution in [0.1, 0.15) is 6.92 Å². The monoisotopic (exact) mass is 250 g/mol. The Balaban J connectivity index is 1.99. The van der Waals surface area contributed by atoms with Crippen LogP contribution in [0, 0.1) is 5.82 Å². The number of thiophene rings is 1. The van der Waals surface area contributed by atoms with E-state index in [1.807, 2.05) is 6.07 Å². The third-order valence-corrected chi connectivity index (χ3v) is 4.16. The van der Waals surface area contributed by atoms with Crippen LogP contribution < -0.4 is 10.2 Å². The molecular formula is C13H15FN2S. The summed E-state index contributed by atoms with van der Waals surface area (Å²) in [6.45, 7) is 5.25. The normalized spacial score (nSPS) is 21.1. The molecule has 2 heterocycles. The van der Waals surface area contributed by atoms with E-state index in [0.717, 1.165) is 24.3 Å². The van der Waals surface area contributed by atoms with E-state index < -0.39 is 0 Å². The molecule has 1 unspecified atom stereocenters. The molecule has 1 aliphatic heterocycles. The summed E-state index contributed by atoms with van der Waals surface area (Å²) < 4.78 is 14.2. The van der Waals surface area contributed by atoms with Gasteiger partial charge in [-0.05, 0) is 25.1 Å². The van der Waals surface area contributed by atoms with Crippen molar-refractivity contribution in [2.75, 3.05) is 24.5 Å². The van der Waals surface area contributed by atoms with E-state index in [9.17, 15) is 4.39 Å². The third kappa shape index (κ3) is 2.03. The first kappa shape index (κ1) is 11.0. The summed E-state index contributed by atoms with van der Waals surface area (Å²) in [5, 5.41) is 6.75. The van der Waals surface area contributed by atoms with Gasteiger partial charge in [-0.3, -0.25) is 0 Å². The first-order valence-electron chi connectivity index (χ1n) is 5.89. The fourth-order valence-corrected chi connectivity index (χ4v) is 3.38. The summed E-state index contributed by atoms with van der Waals surface area (Å²) in [4.78, 5) is 2.39. The van der Waals surface area contributed by atoms with E-state index in [-0.39, 0.29) is 5.82 Å². The minimum atomic E-state index is -0.153. The molecule has 90 valence electrons. The lowest BCUT2D eigenvalue weighted by molar-refractivity contribution is 0.486. The van der Waals surface area contributed by atoms with Crippen LogP contribution in [0.4, 0.5) is 10.1 Å². The van der Waals surface area contributed by atoms with E-state index in [2.05, 4.69) is 22.5 Å². The van der Waals surface area contributed by atoms with Gasteiger partial charge < -0.3 is 10.2 Å². The van der Waals surface area contributed by atoms with Crippen molar-refractivity contribution in [3.63, 3.8) is 0 Å². The predicted octanol–water partition coefficient (Wildman–Crippen LogP) is 2.84. The second kappa shape index (κ2) is 4.27. The number of nitrogens with zero attached hydrogens (tertiary/aromatic N) is 1. The molecule has 1 aromatic carbocycles. The number of anilines is 1. The molecule has 0 saturated carbocycles. The zero-order valence-electron chi connectivity index (χ0n) is 9.74. The summed E-state index contributed by atoms with van der Waals surface area (Å²) in [5.74, 6) is -0.153. The third-order valence-electron chi connectivity index (χ3n) is 3.23. The van der Waals surface area contributed by atoms with Crippen molar-refractivity contribution >= 4 is 27.1 Å². The molecular weight excluding hydrogens is 235 g/mol. The highest BCUT2D eigenvalue weighted by molar-refractivity contribution is 7.17. The van der Waals surface area contributed by atoms with Crippen LogP contribution in [-0.2, 0) is 0 Å². The van der Waals surface area contributed by atoms with Crippen molar-refractivity contribution in [3.8, 4) is 0 Å². The maximum absolute atomic E-state index is 13.1. The molecule has 0 amide bonds. The number of hydrogen-bond acceptors (Lipinski definition) is 3. The van der Waals surface area contributed by atoms with Crippen molar-refractivity contribution in [1.29, 1.82) is 0 Å². The van der Waals surface area contributed by atoms with Gasteiger partial charge >= 0.3 is 0 Å². The summed E-state index contributed by atoms with van der Waals surface area (Å²) >= 11 is 1.62. The Hall–Kier alpha value is -1.13. The van der Waals surface area contributed by atoms with Crippen LogP contribution >= 0.6 is 11.3 Å². The van der Waals surface area contributed by atoms with E-state index >= 15 is 0 Å². The molecule has 1 fully saturated rings. The number of fused-ring (bicyclic) bond motifs is 1. The molecule has 1 N–H and O–H groups in total. The maximum Gasteiger partial charge on any atom is 0.124 e. The number of nitrogens with one attached hydrogen (secondary N) is 1. The maximum atomic E-state index is 13.1. The quantitative estimate of drug-likeness (QED) is 0.837. The fraction of sp³-hybridized carbons (Fsp3) is 0.385. The number of hydrogen-bond donors (Lipinski definition) is 1. The molecule has 1 atom stereocenters. The van der Waals surface area contributed by atoms with Crippen molar-refractivity contribution in [2.24, 2.45) is 0 Å². The molecule has 1 aliphatic rings. The number of benzene rings is 1. The molecule has 4 heteroatoms. The minimum absolute atomic E-state index is 0.153. The molecule has 0 spiro atoms. The van der Waals surface area contributed by atoms with Crippen LogP contribution in [0.15, 0.2) is 23.6 Å². The van der Waals surface area contributed by atoms with Crippen LogP contribution in [0.25, 0.3) is 10.1 Å². The number of piperazine rings is 1. The first-order valence-corrected chi connectivity index (χ1v) is 6.77. The molecule has 3 rings (SSSR count).